The van der Waals surface area contributed by atoms with E-state index >= 15 is 0 Å². The molecule has 3 heterocycles. The van der Waals surface area contributed by atoms with Crippen molar-refractivity contribution in [2.75, 3.05) is 0 Å². The third-order valence-electron chi connectivity index (χ3n) is 6.28. The molecule has 1 fully saturated rings. The zero-order valence-electron chi connectivity index (χ0n) is 17.0. The second-order valence-corrected chi connectivity index (χ2v) is 8.22. The van der Waals surface area contributed by atoms with Crippen molar-refractivity contribution in [3.05, 3.63) is 62.2 Å². The normalized spacial score (nSPS) is 15.6. The van der Waals surface area contributed by atoms with Crippen molar-refractivity contribution in [1.82, 2.24) is 9.55 Å². The molecule has 2 aliphatic rings. The summed E-state index contributed by atoms with van der Waals surface area (Å²) < 4.78 is 21.1. The molecule has 1 aromatic carbocycles. The molecule has 1 aliphatic carbocycles. The third-order valence-corrected chi connectivity index (χ3v) is 6.28. The Balaban J connectivity index is 1.75. The molecular weight excluding hydrogens is 401 g/mol. The van der Waals surface area contributed by atoms with E-state index in [9.17, 15) is 19.1 Å². The van der Waals surface area contributed by atoms with E-state index in [4.69, 9.17) is 15.5 Å². The molecule has 0 saturated heterocycles. The minimum absolute atomic E-state index is 0.222. The zero-order chi connectivity index (χ0) is 21.9. The minimum atomic E-state index is -0.944. The average molecular weight is 423 g/mol. The molecule has 8 heteroatoms. The van der Waals surface area contributed by atoms with Crippen LogP contribution in [0.4, 0.5) is 4.39 Å². The number of hydrogen-bond acceptors (Lipinski definition) is 6. The lowest BCUT2D eigenvalue weighted by atomic mass is 9.97. The number of halogens is 1. The summed E-state index contributed by atoms with van der Waals surface area (Å²) >= 11 is 0. The first-order chi connectivity index (χ1) is 14.9. The number of nitrogens with zero attached hydrogens (tertiary/aromatic N) is 2. The van der Waals surface area contributed by atoms with Gasteiger partial charge >= 0.3 is 0 Å². The Labute approximate surface area is 177 Å². The SMILES string of the molecule is CC(O)c1cc2n(c(=O)c1COC=O)Cc1c-2nc2cc(F)c(C3CC3)cc2c1CN. The predicted octanol–water partition coefficient (Wildman–Crippen LogP) is 2.63. The van der Waals surface area contributed by atoms with E-state index in [-0.39, 0.29) is 49.0 Å². The number of fused-ring (bicyclic) bond motifs is 4. The molecule has 1 unspecified atom stereocenters. The van der Waals surface area contributed by atoms with Crippen LogP contribution >= 0.6 is 0 Å². The van der Waals surface area contributed by atoms with Gasteiger partial charge in [-0.3, -0.25) is 9.59 Å². The number of hydrogen-bond donors (Lipinski definition) is 2. The summed E-state index contributed by atoms with van der Waals surface area (Å²) in [7, 11) is 0. The fraction of sp³-hybridized carbons (Fsp3) is 0.348. The van der Waals surface area contributed by atoms with E-state index in [0.717, 1.165) is 29.4 Å². The molecule has 5 rings (SSSR count). The van der Waals surface area contributed by atoms with Gasteiger partial charge in [-0.15, -0.1) is 0 Å². The molecular formula is C23H22FN3O4. The molecule has 2 aromatic heterocycles. The van der Waals surface area contributed by atoms with Crippen LogP contribution in [0, 0.1) is 5.82 Å². The molecule has 3 N–H and O–H groups in total. The van der Waals surface area contributed by atoms with Crippen LogP contribution < -0.4 is 11.3 Å². The maximum absolute atomic E-state index is 14.7. The zero-order valence-corrected chi connectivity index (χ0v) is 17.0. The Morgan fingerprint density at radius 1 is 1.35 bits per heavy atom. The monoisotopic (exact) mass is 423 g/mol. The van der Waals surface area contributed by atoms with E-state index in [2.05, 4.69) is 0 Å². The number of aromatic nitrogens is 2. The van der Waals surface area contributed by atoms with Gasteiger partial charge in [0.25, 0.3) is 12.0 Å². The lowest BCUT2D eigenvalue weighted by Crippen LogP contribution is -2.26. The van der Waals surface area contributed by atoms with E-state index in [1.807, 2.05) is 6.07 Å². The number of pyridine rings is 2. The Kier molecular flexibility index (Phi) is 4.64. The lowest BCUT2D eigenvalue weighted by molar-refractivity contribution is -0.129. The summed E-state index contributed by atoms with van der Waals surface area (Å²) in [6, 6.07) is 4.99. The second kappa shape index (κ2) is 7.25. The number of carbonyl (C=O) groups is 1. The Morgan fingerprint density at radius 3 is 2.77 bits per heavy atom. The van der Waals surface area contributed by atoms with E-state index in [1.165, 1.54) is 6.07 Å². The van der Waals surface area contributed by atoms with Gasteiger partial charge in [0, 0.05) is 23.6 Å². The topological polar surface area (TPSA) is 107 Å². The van der Waals surface area contributed by atoms with Gasteiger partial charge in [0.1, 0.15) is 12.4 Å². The van der Waals surface area contributed by atoms with Crippen LogP contribution in [0.5, 0.6) is 0 Å². The standard InChI is InChI=1S/C23H22FN3O4/c1-11(29)13-5-21-22-17(8-27(21)23(30)18(13)9-31-10-28)16(7-25)15-4-14(12-2-3-12)19(24)6-20(15)26-22/h4-6,10-12,29H,2-3,7-9,25H2,1H3. The van der Waals surface area contributed by atoms with Gasteiger partial charge in [-0.2, -0.15) is 0 Å². The summed E-state index contributed by atoms with van der Waals surface area (Å²) in [6.07, 6.45) is 1.02. The maximum Gasteiger partial charge on any atom is 0.293 e. The van der Waals surface area contributed by atoms with Crippen LogP contribution in [-0.4, -0.2) is 21.1 Å². The van der Waals surface area contributed by atoms with Crippen molar-refractivity contribution in [1.29, 1.82) is 0 Å². The molecule has 160 valence electrons. The van der Waals surface area contributed by atoms with Gasteiger partial charge in [-0.1, -0.05) is 0 Å². The number of aliphatic hydroxyl groups is 1. The number of carbonyl (C=O) groups excluding carboxylic acids is 1. The van der Waals surface area contributed by atoms with Crippen LogP contribution in [0.3, 0.4) is 0 Å². The van der Waals surface area contributed by atoms with Crippen LogP contribution in [0.2, 0.25) is 0 Å². The smallest absolute Gasteiger partial charge is 0.293 e. The van der Waals surface area contributed by atoms with E-state index in [1.54, 1.807) is 17.6 Å². The van der Waals surface area contributed by atoms with E-state index in [0.29, 0.717) is 28.0 Å². The molecule has 0 amide bonds. The molecule has 0 spiro atoms. The summed E-state index contributed by atoms with van der Waals surface area (Å²) in [4.78, 5) is 28.6. The highest BCUT2D eigenvalue weighted by molar-refractivity contribution is 5.89. The number of benzene rings is 1. The van der Waals surface area contributed by atoms with Crippen LogP contribution in [0.25, 0.3) is 22.3 Å². The molecule has 1 aliphatic heterocycles. The van der Waals surface area contributed by atoms with E-state index < -0.39 is 6.10 Å². The van der Waals surface area contributed by atoms with Crippen LogP contribution in [-0.2, 0) is 29.2 Å². The highest BCUT2D eigenvalue weighted by atomic mass is 19.1. The average Bonchev–Trinajstić information content (AvgIpc) is 3.52. The van der Waals surface area contributed by atoms with Gasteiger partial charge in [0.05, 0.1) is 35.1 Å². The highest BCUT2D eigenvalue weighted by Crippen LogP contribution is 2.44. The highest BCUT2D eigenvalue weighted by Gasteiger charge is 2.31. The minimum Gasteiger partial charge on any atom is -0.463 e. The first-order valence-corrected chi connectivity index (χ1v) is 10.3. The molecule has 1 atom stereocenters. The molecule has 3 aromatic rings. The Hall–Kier alpha value is -3.10. The third kappa shape index (κ3) is 3.05. The van der Waals surface area contributed by atoms with Crippen molar-refractivity contribution in [2.45, 2.75) is 51.5 Å². The molecule has 0 bridgehead atoms. The number of rotatable bonds is 6. The second-order valence-electron chi connectivity index (χ2n) is 8.22. The fourth-order valence-corrected chi connectivity index (χ4v) is 4.58. The van der Waals surface area contributed by atoms with Crippen molar-refractivity contribution in [3.8, 4) is 11.4 Å². The van der Waals surface area contributed by atoms with Gasteiger partial charge < -0.3 is 20.1 Å². The van der Waals surface area contributed by atoms with Gasteiger partial charge in [-0.25, -0.2) is 9.37 Å². The number of aliphatic hydroxyl groups excluding tert-OH is 1. The van der Waals surface area contributed by atoms with Crippen molar-refractivity contribution < 1.29 is 19.0 Å². The quantitative estimate of drug-likeness (QED) is 0.462. The summed E-state index contributed by atoms with van der Waals surface area (Å²) in [6.45, 7) is 2.08. The lowest BCUT2D eigenvalue weighted by Gasteiger charge is -2.14. The predicted molar refractivity (Wildman–Crippen MR) is 112 cm³/mol. The van der Waals surface area contributed by atoms with Crippen molar-refractivity contribution >= 4 is 17.4 Å². The number of nitrogens with two attached hydrogens (primary N) is 1. The fourth-order valence-electron chi connectivity index (χ4n) is 4.58. The van der Waals surface area contributed by atoms with Gasteiger partial charge in [0.2, 0.25) is 0 Å². The Bertz CT molecular complexity index is 1290. The maximum atomic E-state index is 14.7. The first kappa shape index (κ1) is 19.8. The van der Waals surface area contributed by atoms with Crippen LogP contribution in [0.15, 0.2) is 23.0 Å². The molecule has 7 nitrogen and oxygen atoms in total. The summed E-state index contributed by atoms with van der Waals surface area (Å²) in [5.41, 5.74) is 10.3. The van der Waals surface area contributed by atoms with Gasteiger partial charge in [0.15, 0.2) is 0 Å². The largest absolute Gasteiger partial charge is 0.463 e. The van der Waals surface area contributed by atoms with Crippen molar-refractivity contribution in [3.63, 3.8) is 0 Å². The first-order valence-electron chi connectivity index (χ1n) is 10.3. The Morgan fingerprint density at radius 2 is 2.13 bits per heavy atom. The molecule has 0 radical (unpaired) electrons. The summed E-state index contributed by atoms with van der Waals surface area (Å²) in [5.74, 6) is -0.0242. The van der Waals surface area contributed by atoms with Gasteiger partial charge in [-0.05, 0) is 54.5 Å². The van der Waals surface area contributed by atoms with Crippen molar-refractivity contribution in [2.24, 2.45) is 5.73 Å². The number of ether oxygens (including phenoxy) is 1. The molecule has 1 saturated carbocycles. The summed E-state index contributed by atoms with van der Waals surface area (Å²) in [5, 5.41) is 11.0. The molecule has 31 heavy (non-hydrogen) atoms. The van der Waals surface area contributed by atoms with Crippen LogP contribution in [0.1, 0.15) is 59.6 Å².